The number of halogens is 3. The summed E-state index contributed by atoms with van der Waals surface area (Å²) in [6, 6.07) is 3.36. The number of hydrogen-bond donors (Lipinski definition) is 1. The Kier molecular flexibility index (Phi) is 4.81. The molecular formula is C15H20F3NO3S. The van der Waals surface area contributed by atoms with E-state index in [2.05, 4.69) is 4.72 Å². The van der Waals surface area contributed by atoms with Gasteiger partial charge in [0, 0.05) is 12.0 Å². The Hall–Kier alpha value is -1.12. The number of benzene rings is 1. The van der Waals surface area contributed by atoms with Gasteiger partial charge < -0.3 is 4.74 Å². The van der Waals surface area contributed by atoms with Crippen molar-refractivity contribution < 1.29 is 26.3 Å². The summed E-state index contributed by atoms with van der Waals surface area (Å²) < 4.78 is 71.7. The molecule has 23 heavy (non-hydrogen) atoms. The van der Waals surface area contributed by atoms with E-state index in [0.717, 1.165) is 12.1 Å². The van der Waals surface area contributed by atoms with Crippen LogP contribution in [0.15, 0.2) is 23.1 Å². The normalized spacial score (nSPS) is 18.0. The van der Waals surface area contributed by atoms with Crippen molar-refractivity contribution >= 4 is 10.0 Å². The molecule has 0 radical (unpaired) electrons. The molecule has 1 saturated heterocycles. The molecule has 0 aliphatic carbocycles. The van der Waals surface area contributed by atoms with Crippen molar-refractivity contribution in [2.24, 2.45) is 5.41 Å². The van der Waals surface area contributed by atoms with Crippen LogP contribution in [0.5, 0.6) is 0 Å². The minimum atomic E-state index is -4.74. The first-order valence-corrected chi connectivity index (χ1v) is 8.71. The molecule has 130 valence electrons. The maximum atomic E-state index is 13.3. The van der Waals surface area contributed by atoms with Crippen molar-refractivity contribution in [1.29, 1.82) is 0 Å². The lowest BCUT2D eigenvalue weighted by atomic mass is 9.89. The predicted molar refractivity (Wildman–Crippen MR) is 79.6 cm³/mol. The fourth-order valence-electron chi connectivity index (χ4n) is 2.26. The lowest BCUT2D eigenvalue weighted by molar-refractivity contribution is -0.140. The summed E-state index contributed by atoms with van der Waals surface area (Å²) in [4.78, 5) is -0.738. The molecule has 0 atom stereocenters. The predicted octanol–water partition coefficient (Wildman–Crippen LogP) is 3.14. The molecule has 1 aliphatic rings. The molecule has 1 aromatic rings. The van der Waals surface area contributed by atoms with Crippen LogP contribution in [-0.4, -0.2) is 28.2 Å². The van der Waals surface area contributed by atoms with E-state index in [-0.39, 0.29) is 17.9 Å². The van der Waals surface area contributed by atoms with E-state index < -0.39 is 26.7 Å². The highest BCUT2D eigenvalue weighted by Gasteiger charge is 2.39. The zero-order chi connectivity index (χ0) is 17.5. The molecule has 2 rings (SSSR count). The third-order valence-electron chi connectivity index (χ3n) is 3.86. The van der Waals surface area contributed by atoms with E-state index in [1.807, 2.05) is 6.92 Å². The number of nitrogens with one attached hydrogen (secondary N) is 1. The molecule has 4 nitrogen and oxygen atoms in total. The Morgan fingerprint density at radius 2 is 1.91 bits per heavy atom. The second kappa shape index (κ2) is 6.07. The van der Waals surface area contributed by atoms with Crippen LogP contribution in [0.2, 0.25) is 0 Å². The van der Waals surface area contributed by atoms with Gasteiger partial charge in [0.2, 0.25) is 10.0 Å². The molecule has 1 aliphatic heterocycles. The largest absolute Gasteiger partial charge is 0.417 e. The number of hydrogen-bond acceptors (Lipinski definition) is 3. The molecule has 0 saturated carbocycles. The minimum absolute atomic E-state index is 0.0402. The van der Waals surface area contributed by atoms with Crippen LogP contribution in [0.3, 0.4) is 0 Å². The van der Waals surface area contributed by atoms with E-state index in [1.54, 1.807) is 13.8 Å². The highest BCUT2D eigenvalue weighted by Crippen LogP contribution is 2.36. The lowest BCUT2D eigenvalue weighted by Crippen LogP contribution is -2.48. The van der Waals surface area contributed by atoms with Gasteiger partial charge in [0.1, 0.15) is 0 Å². The average Bonchev–Trinajstić information content (AvgIpc) is 2.41. The highest BCUT2D eigenvalue weighted by molar-refractivity contribution is 7.89. The van der Waals surface area contributed by atoms with Crippen molar-refractivity contribution in [2.45, 2.75) is 37.8 Å². The fourth-order valence-corrected chi connectivity index (χ4v) is 3.67. The van der Waals surface area contributed by atoms with Gasteiger partial charge in [0.25, 0.3) is 0 Å². The highest BCUT2D eigenvalue weighted by atomic mass is 32.2. The first-order valence-electron chi connectivity index (χ1n) is 7.23. The van der Waals surface area contributed by atoms with Gasteiger partial charge in [-0.25, -0.2) is 13.1 Å². The molecule has 0 amide bonds. The van der Waals surface area contributed by atoms with Crippen LogP contribution in [0.25, 0.3) is 0 Å². The van der Waals surface area contributed by atoms with Crippen LogP contribution in [0.4, 0.5) is 13.2 Å². The summed E-state index contributed by atoms with van der Waals surface area (Å²) in [6.45, 7) is 6.12. The van der Waals surface area contributed by atoms with Gasteiger partial charge in [0.15, 0.2) is 0 Å². The fraction of sp³-hybridized carbons (Fsp3) is 0.600. The number of sulfonamides is 1. The Bertz CT molecular complexity index is 680. The molecule has 1 N–H and O–H groups in total. The number of alkyl halides is 3. The Morgan fingerprint density at radius 1 is 1.30 bits per heavy atom. The molecular weight excluding hydrogens is 331 g/mol. The van der Waals surface area contributed by atoms with Gasteiger partial charge in [-0.3, -0.25) is 0 Å². The topological polar surface area (TPSA) is 55.4 Å². The van der Waals surface area contributed by atoms with Crippen molar-refractivity contribution in [3.63, 3.8) is 0 Å². The van der Waals surface area contributed by atoms with Gasteiger partial charge >= 0.3 is 6.18 Å². The summed E-state index contributed by atoms with van der Waals surface area (Å²) in [5.41, 5.74) is -1.06. The smallest absolute Gasteiger partial charge is 0.380 e. The maximum Gasteiger partial charge on any atom is 0.417 e. The summed E-state index contributed by atoms with van der Waals surface area (Å²) in [6.07, 6.45) is -4.74. The summed E-state index contributed by atoms with van der Waals surface area (Å²) >= 11 is 0. The van der Waals surface area contributed by atoms with Crippen LogP contribution in [0, 0.1) is 5.41 Å². The molecule has 1 heterocycles. The van der Waals surface area contributed by atoms with Gasteiger partial charge in [-0.05, 0) is 23.6 Å². The van der Waals surface area contributed by atoms with E-state index >= 15 is 0 Å². The standard InChI is InChI=1S/C15H20F3NO3S/c1-10(2)11-4-5-13(12(6-11)15(16,17)18)23(20,21)19-7-14(3)8-22-9-14/h4-6,10,19H,7-9H2,1-3H3. The zero-order valence-electron chi connectivity index (χ0n) is 13.2. The van der Waals surface area contributed by atoms with E-state index in [0.29, 0.717) is 18.8 Å². The van der Waals surface area contributed by atoms with E-state index in [4.69, 9.17) is 4.74 Å². The SMILES string of the molecule is CC(C)c1ccc(S(=O)(=O)NCC2(C)COC2)c(C(F)(F)F)c1. The van der Waals surface area contributed by atoms with Gasteiger partial charge in [0.05, 0.1) is 23.7 Å². The van der Waals surface area contributed by atoms with Crippen molar-refractivity contribution in [3.8, 4) is 0 Å². The number of ether oxygens (including phenoxy) is 1. The Balaban J connectivity index is 2.36. The molecule has 1 fully saturated rings. The second-order valence-corrected chi connectivity index (χ2v) is 8.27. The average molecular weight is 351 g/mol. The van der Waals surface area contributed by atoms with Crippen LogP contribution in [0.1, 0.15) is 37.8 Å². The lowest BCUT2D eigenvalue weighted by Gasteiger charge is -2.38. The summed E-state index contributed by atoms with van der Waals surface area (Å²) in [5.74, 6) is -0.133. The maximum absolute atomic E-state index is 13.3. The van der Waals surface area contributed by atoms with Gasteiger partial charge in [-0.15, -0.1) is 0 Å². The number of rotatable bonds is 5. The van der Waals surface area contributed by atoms with Crippen molar-refractivity contribution in [1.82, 2.24) is 4.72 Å². The first kappa shape index (κ1) is 18.2. The molecule has 0 aromatic heterocycles. The summed E-state index contributed by atoms with van der Waals surface area (Å²) in [5, 5.41) is 0. The van der Waals surface area contributed by atoms with Crippen LogP contribution in [-0.2, 0) is 20.9 Å². The quantitative estimate of drug-likeness (QED) is 0.887. The van der Waals surface area contributed by atoms with E-state index in [9.17, 15) is 21.6 Å². The van der Waals surface area contributed by atoms with Crippen molar-refractivity contribution in [2.75, 3.05) is 19.8 Å². The monoisotopic (exact) mass is 351 g/mol. The van der Waals surface area contributed by atoms with Crippen LogP contribution >= 0.6 is 0 Å². The molecule has 8 heteroatoms. The molecule has 0 spiro atoms. The van der Waals surface area contributed by atoms with Crippen molar-refractivity contribution in [3.05, 3.63) is 29.3 Å². The molecule has 1 aromatic carbocycles. The zero-order valence-corrected chi connectivity index (χ0v) is 14.0. The Morgan fingerprint density at radius 3 is 2.35 bits per heavy atom. The van der Waals surface area contributed by atoms with Gasteiger partial charge in [-0.2, -0.15) is 13.2 Å². The molecule has 0 bridgehead atoms. The third-order valence-corrected chi connectivity index (χ3v) is 5.31. The third kappa shape index (κ3) is 4.05. The Labute approximate surface area is 134 Å². The minimum Gasteiger partial charge on any atom is -0.380 e. The summed E-state index contributed by atoms with van der Waals surface area (Å²) in [7, 11) is -4.25. The van der Waals surface area contributed by atoms with Gasteiger partial charge in [-0.1, -0.05) is 26.8 Å². The van der Waals surface area contributed by atoms with Crippen LogP contribution < -0.4 is 4.72 Å². The van der Waals surface area contributed by atoms with E-state index in [1.165, 1.54) is 6.07 Å². The second-order valence-electron chi connectivity index (χ2n) is 6.54. The first-order chi connectivity index (χ1) is 10.4. The molecule has 0 unspecified atom stereocenters.